The highest BCUT2D eigenvalue weighted by atomic mass is 35.5. The number of aromatic nitrogens is 2. The summed E-state index contributed by atoms with van der Waals surface area (Å²) in [5, 5.41) is 4.88. The van der Waals surface area contributed by atoms with Gasteiger partial charge in [0.05, 0.1) is 23.0 Å². The first-order valence-electron chi connectivity index (χ1n) is 7.28. The van der Waals surface area contributed by atoms with Gasteiger partial charge in [-0.05, 0) is 11.5 Å². The van der Waals surface area contributed by atoms with E-state index in [9.17, 15) is 0 Å². The van der Waals surface area contributed by atoms with Gasteiger partial charge in [0.25, 0.3) is 0 Å². The number of hydrogen-bond donors (Lipinski definition) is 2. The summed E-state index contributed by atoms with van der Waals surface area (Å²) in [5.41, 5.74) is 5.14. The zero-order valence-corrected chi connectivity index (χ0v) is 13.5. The van der Waals surface area contributed by atoms with E-state index in [1.165, 1.54) is 5.56 Å². The molecule has 0 aliphatic rings. The lowest BCUT2D eigenvalue weighted by Gasteiger charge is -2.32. The van der Waals surface area contributed by atoms with Crippen molar-refractivity contribution in [2.24, 2.45) is 18.8 Å². The molecule has 0 saturated carbocycles. The van der Waals surface area contributed by atoms with Crippen LogP contribution in [0.25, 0.3) is 0 Å². The SMILES string of the molecule is CCC(C)C(c1ccccc1)C(NN)c1c(Cl)cnn1C. The Morgan fingerprint density at radius 3 is 2.48 bits per heavy atom. The fraction of sp³-hybridized carbons (Fsp3) is 0.438. The summed E-state index contributed by atoms with van der Waals surface area (Å²) >= 11 is 6.32. The number of halogens is 1. The summed E-state index contributed by atoms with van der Waals surface area (Å²) < 4.78 is 1.80. The van der Waals surface area contributed by atoms with Gasteiger partial charge in [-0.25, -0.2) is 0 Å². The van der Waals surface area contributed by atoms with Crippen LogP contribution in [0.3, 0.4) is 0 Å². The van der Waals surface area contributed by atoms with Gasteiger partial charge >= 0.3 is 0 Å². The summed E-state index contributed by atoms with van der Waals surface area (Å²) in [6.45, 7) is 4.44. The van der Waals surface area contributed by atoms with E-state index >= 15 is 0 Å². The number of nitrogens with one attached hydrogen (secondary N) is 1. The third kappa shape index (κ3) is 3.28. The van der Waals surface area contributed by atoms with Crippen molar-refractivity contribution >= 4 is 11.6 Å². The van der Waals surface area contributed by atoms with E-state index in [0.717, 1.165) is 12.1 Å². The van der Waals surface area contributed by atoms with E-state index in [4.69, 9.17) is 17.4 Å². The van der Waals surface area contributed by atoms with Crippen LogP contribution in [0.2, 0.25) is 5.02 Å². The second-order valence-corrected chi connectivity index (χ2v) is 5.87. The van der Waals surface area contributed by atoms with Crippen LogP contribution in [0, 0.1) is 5.92 Å². The van der Waals surface area contributed by atoms with Gasteiger partial charge in [-0.15, -0.1) is 0 Å². The van der Waals surface area contributed by atoms with Crippen molar-refractivity contribution in [1.29, 1.82) is 0 Å². The monoisotopic (exact) mass is 306 g/mol. The molecule has 1 heterocycles. The van der Waals surface area contributed by atoms with Crippen LogP contribution in [-0.2, 0) is 7.05 Å². The Morgan fingerprint density at radius 2 is 2.00 bits per heavy atom. The molecule has 5 heteroatoms. The molecular weight excluding hydrogens is 284 g/mol. The standard InChI is InChI=1S/C16H23ClN4/c1-4-11(2)14(12-8-6-5-7-9-12)15(20-18)16-13(17)10-19-21(16)3/h5-11,14-15,20H,4,18H2,1-3H3. The van der Waals surface area contributed by atoms with Crippen molar-refractivity contribution in [3.63, 3.8) is 0 Å². The Labute approximate surface area is 131 Å². The number of rotatable bonds is 6. The number of hydrogen-bond acceptors (Lipinski definition) is 3. The Hall–Kier alpha value is -1.36. The summed E-state index contributed by atoms with van der Waals surface area (Å²) in [4.78, 5) is 0. The molecule has 0 aliphatic heterocycles. The Bertz CT molecular complexity index is 547. The van der Waals surface area contributed by atoms with Crippen molar-refractivity contribution in [1.82, 2.24) is 15.2 Å². The first-order chi connectivity index (χ1) is 10.1. The average molecular weight is 307 g/mol. The van der Waals surface area contributed by atoms with Gasteiger partial charge in [0.2, 0.25) is 0 Å². The minimum absolute atomic E-state index is 0.0812. The lowest BCUT2D eigenvalue weighted by atomic mass is 9.79. The molecule has 1 aromatic carbocycles. The maximum Gasteiger partial charge on any atom is 0.0834 e. The minimum Gasteiger partial charge on any atom is -0.271 e. The summed E-state index contributed by atoms with van der Waals surface area (Å²) in [7, 11) is 1.89. The maximum atomic E-state index is 6.32. The average Bonchev–Trinajstić information content (AvgIpc) is 2.84. The van der Waals surface area contributed by atoms with Gasteiger partial charge < -0.3 is 0 Å². The molecule has 3 N–H and O–H groups in total. The number of benzene rings is 1. The molecule has 3 atom stereocenters. The second kappa shape index (κ2) is 7.07. The first kappa shape index (κ1) is 16.0. The smallest absolute Gasteiger partial charge is 0.0834 e. The quantitative estimate of drug-likeness (QED) is 0.635. The summed E-state index contributed by atoms with van der Waals surface area (Å²) in [5.74, 6) is 6.57. The molecule has 2 rings (SSSR count). The van der Waals surface area contributed by atoms with Crippen molar-refractivity contribution in [2.45, 2.75) is 32.2 Å². The van der Waals surface area contributed by atoms with E-state index in [1.807, 2.05) is 13.1 Å². The van der Waals surface area contributed by atoms with Crippen molar-refractivity contribution in [3.05, 3.63) is 52.8 Å². The molecule has 114 valence electrons. The fourth-order valence-corrected chi connectivity index (χ4v) is 3.18. The number of aryl methyl sites for hydroxylation is 1. The fourth-order valence-electron chi connectivity index (χ4n) is 2.90. The molecule has 0 spiro atoms. The molecule has 0 amide bonds. The van der Waals surface area contributed by atoms with Crippen LogP contribution < -0.4 is 11.3 Å². The highest BCUT2D eigenvalue weighted by Crippen LogP contribution is 2.39. The Balaban J connectivity index is 2.48. The van der Waals surface area contributed by atoms with Gasteiger partial charge in [-0.1, -0.05) is 62.2 Å². The largest absolute Gasteiger partial charge is 0.271 e. The van der Waals surface area contributed by atoms with Gasteiger partial charge in [-0.3, -0.25) is 16.0 Å². The van der Waals surface area contributed by atoms with Gasteiger partial charge in [0.1, 0.15) is 0 Å². The summed E-state index contributed by atoms with van der Waals surface area (Å²) in [6, 6.07) is 10.4. The molecular formula is C16H23ClN4. The van der Waals surface area contributed by atoms with Crippen LogP contribution in [0.1, 0.15) is 43.5 Å². The van der Waals surface area contributed by atoms with Crippen LogP contribution in [0.15, 0.2) is 36.5 Å². The molecule has 0 bridgehead atoms. The van der Waals surface area contributed by atoms with Gasteiger partial charge in [-0.2, -0.15) is 5.10 Å². The molecule has 3 unspecified atom stereocenters. The molecule has 0 aliphatic carbocycles. The third-order valence-corrected chi connectivity index (χ3v) is 4.50. The molecule has 21 heavy (non-hydrogen) atoms. The van der Waals surface area contributed by atoms with Crippen molar-refractivity contribution < 1.29 is 0 Å². The van der Waals surface area contributed by atoms with Crippen molar-refractivity contribution in [3.8, 4) is 0 Å². The number of hydrazine groups is 1. The van der Waals surface area contributed by atoms with Gasteiger partial charge in [0, 0.05) is 13.0 Å². The van der Waals surface area contributed by atoms with Crippen LogP contribution in [0.4, 0.5) is 0 Å². The topological polar surface area (TPSA) is 55.9 Å². The number of nitrogens with two attached hydrogens (primary N) is 1. The van der Waals surface area contributed by atoms with E-state index in [-0.39, 0.29) is 12.0 Å². The van der Waals surface area contributed by atoms with E-state index in [2.05, 4.69) is 48.6 Å². The van der Waals surface area contributed by atoms with Crippen LogP contribution >= 0.6 is 11.6 Å². The predicted octanol–water partition coefficient (Wildman–Crippen LogP) is 3.41. The molecule has 2 aromatic rings. The lowest BCUT2D eigenvalue weighted by Crippen LogP contribution is -2.36. The zero-order valence-electron chi connectivity index (χ0n) is 12.8. The minimum atomic E-state index is -0.0812. The molecule has 0 saturated heterocycles. The van der Waals surface area contributed by atoms with Crippen LogP contribution in [0.5, 0.6) is 0 Å². The third-order valence-electron chi connectivity index (χ3n) is 4.21. The molecule has 1 aromatic heterocycles. The van der Waals surface area contributed by atoms with E-state index in [1.54, 1.807) is 10.9 Å². The second-order valence-electron chi connectivity index (χ2n) is 5.47. The van der Waals surface area contributed by atoms with Crippen molar-refractivity contribution in [2.75, 3.05) is 0 Å². The zero-order chi connectivity index (χ0) is 15.4. The number of nitrogens with zero attached hydrogens (tertiary/aromatic N) is 2. The highest BCUT2D eigenvalue weighted by Gasteiger charge is 2.31. The highest BCUT2D eigenvalue weighted by molar-refractivity contribution is 6.31. The molecule has 0 fully saturated rings. The van der Waals surface area contributed by atoms with E-state index < -0.39 is 0 Å². The maximum absolute atomic E-state index is 6.32. The lowest BCUT2D eigenvalue weighted by molar-refractivity contribution is 0.331. The Morgan fingerprint density at radius 1 is 1.33 bits per heavy atom. The normalized spacial score (nSPS) is 15.7. The molecule has 0 radical (unpaired) electrons. The summed E-state index contributed by atoms with van der Waals surface area (Å²) in [6.07, 6.45) is 2.73. The Kier molecular flexibility index (Phi) is 5.39. The first-order valence-corrected chi connectivity index (χ1v) is 7.66. The van der Waals surface area contributed by atoms with Crippen LogP contribution in [-0.4, -0.2) is 9.78 Å². The van der Waals surface area contributed by atoms with Gasteiger partial charge in [0.15, 0.2) is 0 Å². The molecule has 4 nitrogen and oxygen atoms in total. The van der Waals surface area contributed by atoms with E-state index in [0.29, 0.717) is 10.9 Å². The predicted molar refractivity (Wildman–Crippen MR) is 86.9 cm³/mol.